The molecule has 0 radical (unpaired) electrons. The zero-order valence-electron chi connectivity index (χ0n) is 11.7. The summed E-state index contributed by atoms with van der Waals surface area (Å²) in [7, 11) is 3.46. The van der Waals surface area contributed by atoms with Crippen molar-refractivity contribution < 1.29 is 9.57 Å². The van der Waals surface area contributed by atoms with Gasteiger partial charge in [0.1, 0.15) is 5.75 Å². The van der Waals surface area contributed by atoms with Gasteiger partial charge in [-0.1, -0.05) is 6.07 Å². The number of nitrogens with one attached hydrogen (secondary N) is 3. The summed E-state index contributed by atoms with van der Waals surface area (Å²) in [5, 5.41) is 0. The molecule has 3 N–H and O–H groups in total. The SMILES string of the molecule is CNOCCCC1(NNc2cccc(OC)c2)CC1. The molecule has 0 aromatic heterocycles. The first-order chi connectivity index (χ1) is 9.28. The standard InChI is InChI=1S/C14H23N3O2/c1-15-19-10-4-7-14(8-9-14)17-16-12-5-3-6-13(11-12)18-2/h3,5-6,11,15-17H,4,7-10H2,1-2H3. The highest BCUT2D eigenvalue weighted by molar-refractivity contribution is 5.47. The molecule has 1 aromatic carbocycles. The lowest BCUT2D eigenvalue weighted by molar-refractivity contribution is 0.0536. The van der Waals surface area contributed by atoms with Gasteiger partial charge in [-0.2, -0.15) is 0 Å². The average Bonchev–Trinajstić information content (AvgIpc) is 3.22. The van der Waals surface area contributed by atoms with E-state index in [0.29, 0.717) is 0 Å². The summed E-state index contributed by atoms with van der Waals surface area (Å²) in [6.45, 7) is 0.749. The van der Waals surface area contributed by atoms with Crippen molar-refractivity contribution >= 4 is 5.69 Å². The van der Waals surface area contributed by atoms with E-state index in [1.807, 2.05) is 24.3 Å². The molecule has 1 saturated carbocycles. The predicted molar refractivity (Wildman–Crippen MR) is 76.0 cm³/mol. The topological polar surface area (TPSA) is 54.5 Å². The van der Waals surface area contributed by atoms with E-state index < -0.39 is 0 Å². The van der Waals surface area contributed by atoms with Gasteiger partial charge in [-0.05, 0) is 37.8 Å². The molecule has 1 aliphatic rings. The molecule has 0 unspecified atom stereocenters. The minimum Gasteiger partial charge on any atom is -0.497 e. The summed E-state index contributed by atoms with van der Waals surface area (Å²) >= 11 is 0. The molecule has 0 heterocycles. The maximum Gasteiger partial charge on any atom is 0.120 e. The number of anilines is 1. The molecule has 106 valence electrons. The molecule has 0 amide bonds. The Labute approximate surface area is 114 Å². The fourth-order valence-corrected chi connectivity index (χ4v) is 2.08. The maximum absolute atomic E-state index is 5.20. The Bertz CT molecular complexity index is 394. The van der Waals surface area contributed by atoms with Gasteiger partial charge in [-0.3, -0.25) is 0 Å². The molecular formula is C14H23N3O2. The smallest absolute Gasteiger partial charge is 0.120 e. The first-order valence-electron chi connectivity index (χ1n) is 6.74. The van der Waals surface area contributed by atoms with E-state index in [2.05, 4.69) is 16.3 Å². The molecule has 2 rings (SSSR count). The van der Waals surface area contributed by atoms with Crippen LogP contribution in [0.15, 0.2) is 24.3 Å². The van der Waals surface area contributed by atoms with Gasteiger partial charge in [0.05, 0.1) is 19.4 Å². The zero-order valence-corrected chi connectivity index (χ0v) is 11.7. The van der Waals surface area contributed by atoms with E-state index >= 15 is 0 Å². The quantitative estimate of drug-likeness (QED) is 0.471. The number of methoxy groups -OCH3 is 1. The van der Waals surface area contributed by atoms with E-state index in [0.717, 1.165) is 30.9 Å². The van der Waals surface area contributed by atoms with Gasteiger partial charge >= 0.3 is 0 Å². The highest BCUT2D eigenvalue weighted by atomic mass is 16.6. The number of rotatable bonds is 9. The van der Waals surface area contributed by atoms with Crippen molar-refractivity contribution in [1.82, 2.24) is 10.9 Å². The summed E-state index contributed by atoms with van der Waals surface area (Å²) in [4.78, 5) is 5.14. The molecule has 0 bridgehead atoms. The van der Waals surface area contributed by atoms with Crippen molar-refractivity contribution in [2.75, 3.05) is 26.2 Å². The van der Waals surface area contributed by atoms with Crippen LogP contribution in [0.25, 0.3) is 0 Å². The van der Waals surface area contributed by atoms with Crippen LogP contribution in [0, 0.1) is 0 Å². The monoisotopic (exact) mass is 265 g/mol. The predicted octanol–water partition coefficient (Wildman–Crippen LogP) is 2.08. The summed E-state index contributed by atoms with van der Waals surface area (Å²) in [5.74, 6) is 0.860. The summed E-state index contributed by atoms with van der Waals surface area (Å²) in [5.41, 5.74) is 10.7. The van der Waals surface area contributed by atoms with Gasteiger partial charge in [-0.25, -0.2) is 10.9 Å². The van der Waals surface area contributed by atoms with Gasteiger partial charge < -0.3 is 15.0 Å². The van der Waals surface area contributed by atoms with Gasteiger partial charge in [0.25, 0.3) is 0 Å². The number of ether oxygens (including phenoxy) is 1. The largest absolute Gasteiger partial charge is 0.497 e. The van der Waals surface area contributed by atoms with E-state index in [9.17, 15) is 0 Å². The van der Waals surface area contributed by atoms with Crippen LogP contribution in [0.5, 0.6) is 5.75 Å². The van der Waals surface area contributed by atoms with Gasteiger partial charge in [0, 0.05) is 18.7 Å². The molecule has 0 aliphatic heterocycles. The maximum atomic E-state index is 5.20. The van der Waals surface area contributed by atoms with Gasteiger partial charge in [0.15, 0.2) is 0 Å². The molecule has 0 atom stereocenters. The summed E-state index contributed by atoms with van der Waals surface area (Å²) < 4.78 is 5.20. The molecular weight excluding hydrogens is 242 g/mol. The molecule has 5 heteroatoms. The second-order valence-electron chi connectivity index (χ2n) is 4.92. The van der Waals surface area contributed by atoms with E-state index in [1.54, 1.807) is 14.2 Å². The van der Waals surface area contributed by atoms with Gasteiger partial charge in [-0.15, -0.1) is 0 Å². The van der Waals surface area contributed by atoms with Crippen molar-refractivity contribution in [3.63, 3.8) is 0 Å². The van der Waals surface area contributed by atoms with Gasteiger partial charge in [0.2, 0.25) is 0 Å². The Kier molecular flexibility index (Phi) is 5.01. The van der Waals surface area contributed by atoms with Crippen LogP contribution in [0.3, 0.4) is 0 Å². The van der Waals surface area contributed by atoms with Crippen LogP contribution >= 0.6 is 0 Å². The minimum absolute atomic E-state index is 0.236. The number of hydrazine groups is 1. The summed E-state index contributed by atoms with van der Waals surface area (Å²) in [6.07, 6.45) is 4.59. The van der Waals surface area contributed by atoms with Crippen molar-refractivity contribution in [2.45, 2.75) is 31.2 Å². The first kappa shape index (κ1) is 14.1. The van der Waals surface area contributed by atoms with Crippen molar-refractivity contribution in [1.29, 1.82) is 0 Å². The fraction of sp³-hybridized carbons (Fsp3) is 0.571. The van der Waals surface area contributed by atoms with Crippen molar-refractivity contribution in [3.8, 4) is 5.75 Å². The third-order valence-corrected chi connectivity index (χ3v) is 3.44. The Balaban J connectivity index is 1.74. The van der Waals surface area contributed by atoms with Crippen LogP contribution in [0.4, 0.5) is 5.69 Å². The lowest BCUT2D eigenvalue weighted by Crippen LogP contribution is -2.36. The third-order valence-electron chi connectivity index (χ3n) is 3.44. The van der Waals surface area contributed by atoms with E-state index in [-0.39, 0.29) is 5.54 Å². The molecule has 19 heavy (non-hydrogen) atoms. The van der Waals surface area contributed by atoms with Crippen LogP contribution in [-0.2, 0) is 4.84 Å². The highest BCUT2D eigenvalue weighted by Gasteiger charge is 2.41. The third kappa shape index (κ3) is 4.38. The number of hydrogen-bond donors (Lipinski definition) is 3. The Morgan fingerprint density at radius 2 is 2.16 bits per heavy atom. The zero-order chi connectivity index (χ0) is 13.6. The number of benzene rings is 1. The molecule has 0 saturated heterocycles. The number of hydroxylamine groups is 1. The normalized spacial score (nSPS) is 16.1. The lowest BCUT2D eigenvalue weighted by Gasteiger charge is -2.19. The average molecular weight is 265 g/mol. The number of hydrogen-bond acceptors (Lipinski definition) is 5. The fourth-order valence-electron chi connectivity index (χ4n) is 2.08. The molecule has 1 aromatic rings. The molecule has 1 aliphatic carbocycles. The highest BCUT2D eigenvalue weighted by Crippen LogP contribution is 2.39. The Hall–Kier alpha value is -1.30. The lowest BCUT2D eigenvalue weighted by atomic mass is 10.1. The van der Waals surface area contributed by atoms with Crippen LogP contribution < -0.4 is 21.1 Å². The van der Waals surface area contributed by atoms with E-state index in [4.69, 9.17) is 9.57 Å². The second kappa shape index (κ2) is 6.75. The van der Waals surface area contributed by atoms with Crippen LogP contribution in [0.2, 0.25) is 0 Å². The Morgan fingerprint density at radius 1 is 1.32 bits per heavy atom. The van der Waals surface area contributed by atoms with E-state index in [1.165, 1.54) is 12.8 Å². The molecule has 5 nitrogen and oxygen atoms in total. The van der Waals surface area contributed by atoms with Crippen LogP contribution in [0.1, 0.15) is 25.7 Å². The molecule has 1 fully saturated rings. The van der Waals surface area contributed by atoms with Crippen LogP contribution in [-0.4, -0.2) is 26.3 Å². The Morgan fingerprint density at radius 3 is 2.84 bits per heavy atom. The summed E-state index contributed by atoms with van der Waals surface area (Å²) in [6, 6.07) is 7.92. The minimum atomic E-state index is 0.236. The second-order valence-corrected chi connectivity index (χ2v) is 4.92. The van der Waals surface area contributed by atoms with Crippen molar-refractivity contribution in [2.24, 2.45) is 0 Å². The van der Waals surface area contributed by atoms with Crippen molar-refractivity contribution in [3.05, 3.63) is 24.3 Å². The first-order valence-corrected chi connectivity index (χ1v) is 6.74. The molecule has 0 spiro atoms.